The van der Waals surface area contributed by atoms with Crippen molar-refractivity contribution in [3.05, 3.63) is 27.0 Å². The number of carbonyl (C=O) groups is 2. The summed E-state index contributed by atoms with van der Waals surface area (Å²) in [4.78, 5) is 28.7. The molecule has 0 saturated carbocycles. The number of nitrogens with zero attached hydrogens (tertiary/aromatic N) is 2. The minimum Gasteiger partial charge on any atom is -0.480 e. The number of likely N-dealkylation sites (tertiary alicyclic amines) is 1. The van der Waals surface area contributed by atoms with Crippen LogP contribution in [0.2, 0.25) is 15.1 Å². The van der Waals surface area contributed by atoms with Crippen molar-refractivity contribution in [3.8, 4) is 0 Å². The zero-order valence-corrected chi connectivity index (χ0v) is 13.1. The SMILES string of the molecule is COC1CC(C(=O)O)N(C(=O)c2ncc(Cl)c(Cl)c2Cl)C1. The van der Waals surface area contributed by atoms with Crippen LogP contribution in [0.3, 0.4) is 0 Å². The minimum atomic E-state index is -1.11. The van der Waals surface area contributed by atoms with E-state index in [9.17, 15) is 14.7 Å². The summed E-state index contributed by atoms with van der Waals surface area (Å²) in [5.74, 6) is -1.73. The van der Waals surface area contributed by atoms with Crippen LogP contribution in [0, 0.1) is 0 Å². The first-order valence-electron chi connectivity index (χ1n) is 5.92. The van der Waals surface area contributed by atoms with E-state index in [1.165, 1.54) is 13.3 Å². The van der Waals surface area contributed by atoms with Gasteiger partial charge in [-0.25, -0.2) is 9.78 Å². The van der Waals surface area contributed by atoms with Gasteiger partial charge in [0.1, 0.15) is 11.7 Å². The minimum absolute atomic E-state index is 0.00560. The maximum absolute atomic E-state index is 12.5. The fourth-order valence-corrected chi connectivity index (χ4v) is 2.72. The average molecular weight is 354 g/mol. The van der Waals surface area contributed by atoms with Crippen molar-refractivity contribution in [3.63, 3.8) is 0 Å². The molecule has 1 fully saturated rings. The number of amides is 1. The van der Waals surface area contributed by atoms with Gasteiger partial charge < -0.3 is 14.7 Å². The fraction of sp³-hybridized carbons (Fsp3) is 0.417. The quantitative estimate of drug-likeness (QED) is 0.902. The van der Waals surface area contributed by atoms with E-state index in [-0.39, 0.29) is 39.8 Å². The van der Waals surface area contributed by atoms with Gasteiger partial charge in [0.25, 0.3) is 5.91 Å². The molecule has 1 aromatic heterocycles. The molecule has 2 heterocycles. The molecule has 0 spiro atoms. The number of carbonyl (C=O) groups excluding carboxylic acids is 1. The highest BCUT2D eigenvalue weighted by molar-refractivity contribution is 6.48. The normalized spacial score (nSPS) is 21.6. The number of aromatic nitrogens is 1. The zero-order chi connectivity index (χ0) is 15.7. The molecule has 1 saturated heterocycles. The lowest BCUT2D eigenvalue weighted by Gasteiger charge is -2.21. The molecule has 1 amide bonds. The predicted molar refractivity (Wildman–Crippen MR) is 77.1 cm³/mol. The van der Waals surface area contributed by atoms with E-state index in [2.05, 4.69) is 4.98 Å². The summed E-state index contributed by atoms with van der Waals surface area (Å²) >= 11 is 17.6. The monoisotopic (exact) mass is 352 g/mol. The van der Waals surface area contributed by atoms with E-state index < -0.39 is 17.9 Å². The Hall–Kier alpha value is -1.08. The van der Waals surface area contributed by atoms with E-state index in [1.54, 1.807) is 0 Å². The third-order valence-electron chi connectivity index (χ3n) is 3.26. The first kappa shape index (κ1) is 16.3. The van der Waals surface area contributed by atoms with Crippen LogP contribution < -0.4 is 0 Å². The molecule has 0 aromatic carbocycles. The average Bonchev–Trinajstić information content (AvgIpc) is 2.89. The van der Waals surface area contributed by atoms with Gasteiger partial charge in [-0.2, -0.15) is 0 Å². The van der Waals surface area contributed by atoms with Gasteiger partial charge in [-0.3, -0.25) is 4.79 Å². The number of carboxylic acid groups (broad SMARTS) is 1. The van der Waals surface area contributed by atoms with Crippen LogP contribution in [0.5, 0.6) is 0 Å². The maximum atomic E-state index is 12.5. The number of halogens is 3. The molecule has 1 aliphatic rings. The van der Waals surface area contributed by atoms with Crippen LogP contribution in [0.4, 0.5) is 0 Å². The summed E-state index contributed by atoms with van der Waals surface area (Å²) in [7, 11) is 1.46. The van der Waals surface area contributed by atoms with Crippen molar-refractivity contribution < 1.29 is 19.4 Å². The molecule has 1 aromatic rings. The van der Waals surface area contributed by atoms with Crippen LogP contribution in [0.1, 0.15) is 16.9 Å². The van der Waals surface area contributed by atoms with Gasteiger partial charge >= 0.3 is 5.97 Å². The van der Waals surface area contributed by atoms with Crippen molar-refractivity contribution in [1.82, 2.24) is 9.88 Å². The summed E-state index contributed by atoms with van der Waals surface area (Å²) in [6.07, 6.45) is 1.05. The predicted octanol–water partition coefficient (Wildman–Crippen LogP) is 2.36. The second-order valence-electron chi connectivity index (χ2n) is 4.49. The summed E-state index contributed by atoms with van der Waals surface area (Å²) < 4.78 is 5.12. The summed E-state index contributed by atoms with van der Waals surface area (Å²) in [6.45, 7) is 0.143. The molecule has 21 heavy (non-hydrogen) atoms. The number of hydrogen-bond acceptors (Lipinski definition) is 4. The van der Waals surface area contributed by atoms with Gasteiger partial charge in [0.05, 0.1) is 21.2 Å². The number of ether oxygens (including phenoxy) is 1. The topological polar surface area (TPSA) is 79.7 Å². The third-order valence-corrected chi connectivity index (χ3v) is 4.50. The molecule has 2 rings (SSSR count). The summed E-state index contributed by atoms with van der Waals surface area (Å²) in [5, 5.41) is 9.23. The Bertz CT molecular complexity index is 596. The van der Waals surface area contributed by atoms with Gasteiger partial charge in [-0.15, -0.1) is 0 Å². The Labute approximate surface area is 135 Å². The molecule has 1 aliphatic heterocycles. The van der Waals surface area contributed by atoms with Crippen molar-refractivity contribution in [1.29, 1.82) is 0 Å². The summed E-state index contributed by atoms with van der Waals surface area (Å²) in [5.41, 5.74) is -0.130. The van der Waals surface area contributed by atoms with Gasteiger partial charge in [0.2, 0.25) is 0 Å². The highest BCUT2D eigenvalue weighted by atomic mass is 35.5. The molecule has 114 valence electrons. The Morgan fingerprint density at radius 2 is 2.05 bits per heavy atom. The van der Waals surface area contributed by atoms with Crippen LogP contribution in [0.15, 0.2) is 6.20 Å². The second kappa shape index (κ2) is 6.36. The zero-order valence-electron chi connectivity index (χ0n) is 10.8. The van der Waals surface area contributed by atoms with E-state index in [1.807, 2.05) is 0 Å². The number of pyridine rings is 1. The number of carboxylic acids is 1. The molecule has 2 atom stereocenters. The molecule has 0 radical (unpaired) electrons. The fourth-order valence-electron chi connectivity index (χ4n) is 2.16. The second-order valence-corrected chi connectivity index (χ2v) is 5.65. The van der Waals surface area contributed by atoms with Gasteiger partial charge in [-0.05, 0) is 0 Å². The van der Waals surface area contributed by atoms with Crippen LogP contribution in [0.25, 0.3) is 0 Å². The van der Waals surface area contributed by atoms with E-state index in [0.29, 0.717) is 0 Å². The molecule has 6 nitrogen and oxygen atoms in total. The Kier molecular flexibility index (Phi) is 4.93. The van der Waals surface area contributed by atoms with Crippen LogP contribution in [-0.4, -0.2) is 52.7 Å². The highest BCUT2D eigenvalue weighted by Crippen LogP contribution is 2.33. The van der Waals surface area contributed by atoms with Crippen molar-refractivity contribution in [2.24, 2.45) is 0 Å². The maximum Gasteiger partial charge on any atom is 0.326 e. The lowest BCUT2D eigenvalue weighted by molar-refractivity contribution is -0.141. The van der Waals surface area contributed by atoms with Crippen LogP contribution in [-0.2, 0) is 9.53 Å². The lowest BCUT2D eigenvalue weighted by Crippen LogP contribution is -2.41. The van der Waals surface area contributed by atoms with Crippen molar-refractivity contribution in [2.75, 3.05) is 13.7 Å². The summed E-state index contributed by atoms with van der Waals surface area (Å²) in [6, 6.07) is -0.991. The molecule has 1 N–H and O–H groups in total. The number of aliphatic carboxylic acids is 1. The van der Waals surface area contributed by atoms with Crippen molar-refractivity contribution >= 4 is 46.7 Å². The number of hydrogen-bond donors (Lipinski definition) is 1. The molecule has 9 heteroatoms. The standard InChI is InChI=1S/C12H11Cl3N2O4/c1-21-5-2-7(12(19)20)17(4-5)11(18)10-9(15)8(14)6(13)3-16-10/h3,5,7H,2,4H2,1H3,(H,19,20). The highest BCUT2D eigenvalue weighted by Gasteiger charge is 2.41. The first-order chi connectivity index (χ1) is 9.86. The lowest BCUT2D eigenvalue weighted by atomic mass is 10.2. The smallest absolute Gasteiger partial charge is 0.326 e. The van der Waals surface area contributed by atoms with Crippen LogP contribution >= 0.6 is 34.8 Å². The molecule has 2 unspecified atom stereocenters. The molecule has 0 bridgehead atoms. The Morgan fingerprint density at radius 1 is 1.38 bits per heavy atom. The van der Waals surface area contributed by atoms with Gasteiger partial charge in [0.15, 0.2) is 0 Å². The largest absolute Gasteiger partial charge is 0.480 e. The Balaban J connectivity index is 2.35. The van der Waals surface area contributed by atoms with Crippen molar-refractivity contribution in [2.45, 2.75) is 18.6 Å². The van der Waals surface area contributed by atoms with Gasteiger partial charge in [0, 0.05) is 26.3 Å². The van der Waals surface area contributed by atoms with E-state index in [4.69, 9.17) is 39.5 Å². The molecular weight excluding hydrogens is 343 g/mol. The van der Waals surface area contributed by atoms with Gasteiger partial charge in [-0.1, -0.05) is 34.8 Å². The Morgan fingerprint density at radius 3 is 2.62 bits per heavy atom. The molecule has 0 aliphatic carbocycles. The number of rotatable bonds is 3. The first-order valence-corrected chi connectivity index (χ1v) is 7.06. The van der Waals surface area contributed by atoms with E-state index >= 15 is 0 Å². The molecular formula is C12H11Cl3N2O4. The number of methoxy groups -OCH3 is 1. The third kappa shape index (κ3) is 3.08. The van der Waals surface area contributed by atoms with E-state index in [0.717, 1.165) is 4.90 Å².